The van der Waals surface area contributed by atoms with Gasteiger partial charge in [0.05, 0.1) is 24.3 Å². The van der Waals surface area contributed by atoms with Gasteiger partial charge in [0.1, 0.15) is 11.6 Å². The Kier molecular flexibility index (Phi) is 6.82. The summed E-state index contributed by atoms with van der Waals surface area (Å²) in [5, 5.41) is 5.22. The zero-order valence-electron chi connectivity index (χ0n) is 14.0. The van der Waals surface area contributed by atoms with Gasteiger partial charge in [0.15, 0.2) is 0 Å². The smallest absolute Gasteiger partial charge is 0.234 e. The Hall–Kier alpha value is -2.54. The molecule has 0 aliphatic heterocycles. The van der Waals surface area contributed by atoms with E-state index in [-0.39, 0.29) is 29.0 Å². The van der Waals surface area contributed by atoms with E-state index in [9.17, 15) is 14.0 Å². The van der Waals surface area contributed by atoms with Crippen molar-refractivity contribution >= 4 is 35.0 Å². The molecule has 0 aliphatic rings. The molecule has 0 atom stereocenters. The maximum atomic E-state index is 13.7. The van der Waals surface area contributed by atoms with Gasteiger partial charge in [0.25, 0.3) is 0 Å². The zero-order valence-corrected chi connectivity index (χ0v) is 14.8. The average Bonchev–Trinajstić information content (AvgIpc) is 2.58. The highest BCUT2D eigenvalue weighted by molar-refractivity contribution is 8.00. The van der Waals surface area contributed by atoms with E-state index in [1.54, 1.807) is 44.4 Å². The first-order chi connectivity index (χ1) is 12.0. The molecule has 2 aromatic rings. The second kappa shape index (κ2) is 9.08. The van der Waals surface area contributed by atoms with Crippen LogP contribution in [0.2, 0.25) is 0 Å². The summed E-state index contributed by atoms with van der Waals surface area (Å²) in [6.45, 7) is 1.77. The third kappa shape index (κ3) is 6.11. The number of anilines is 2. The van der Waals surface area contributed by atoms with Crippen LogP contribution in [0.5, 0.6) is 5.75 Å². The Morgan fingerprint density at radius 2 is 1.68 bits per heavy atom. The number of nitrogens with one attached hydrogen (secondary N) is 2. The van der Waals surface area contributed by atoms with Crippen molar-refractivity contribution in [2.24, 2.45) is 0 Å². The second-order valence-corrected chi connectivity index (χ2v) is 6.29. The van der Waals surface area contributed by atoms with E-state index in [0.29, 0.717) is 11.4 Å². The first-order valence-corrected chi connectivity index (χ1v) is 8.71. The Labute approximate surface area is 150 Å². The predicted octanol–water partition coefficient (Wildman–Crippen LogP) is 3.45. The van der Waals surface area contributed by atoms with Gasteiger partial charge >= 0.3 is 0 Å². The number of carbonyl (C=O) groups excluding carboxylic acids is 2. The number of methoxy groups -OCH3 is 1. The summed E-state index contributed by atoms with van der Waals surface area (Å²) in [5.74, 6) is -0.170. The van der Waals surface area contributed by atoms with E-state index in [2.05, 4.69) is 10.6 Å². The van der Waals surface area contributed by atoms with Crippen molar-refractivity contribution in [1.82, 2.24) is 0 Å². The van der Waals surface area contributed by atoms with Crippen LogP contribution in [0.3, 0.4) is 0 Å². The largest absolute Gasteiger partial charge is 0.497 e. The lowest BCUT2D eigenvalue weighted by Crippen LogP contribution is -2.18. The van der Waals surface area contributed by atoms with Gasteiger partial charge in [0.2, 0.25) is 11.8 Å². The normalized spacial score (nSPS) is 10.2. The summed E-state index contributed by atoms with van der Waals surface area (Å²) < 4.78 is 18.7. The van der Waals surface area contributed by atoms with Gasteiger partial charge in [-0.05, 0) is 48.9 Å². The van der Waals surface area contributed by atoms with Crippen LogP contribution in [0, 0.1) is 12.7 Å². The number of halogens is 1. The van der Waals surface area contributed by atoms with Gasteiger partial charge in [-0.15, -0.1) is 11.8 Å². The SMILES string of the molecule is COc1ccc(NC(=O)CSCC(=O)Nc2ccc(C)cc2F)cc1. The molecule has 0 radical (unpaired) electrons. The molecule has 5 nitrogen and oxygen atoms in total. The number of ether oxygens (including phenoxy) is 1. The van der Waals surface area contributed by atoms with Crippen molar-refractivity contribution in [3.63, 3.8) is 0 Å². The van der Waals surface area contributed by atoms with Gasteiger partial charge in [-0.25, -0.2) is 4.39 Å². The quantitative estimate of drug-likeness (QED) is 0.792. The monoisotopic (exact) mass is 362 g/mol. The molecule has 0 heterocycles. The van der Waals surface area contributed by atoms with Crippen LogP contribution in [0.15, 0.2) is 42.5 Å². The molecule has 7 heteroatoms. The molecule has 0 spiro atoms. The molecule has 0 bridgehead atoms. The first-order valence-electron chi connectivity index (χ1n) is 7.55. The van der Waals surface area contributed by atoms with E-state index in [0.717, 1.165) is 17.3 Å². The summed E-state index contributed by atoms with van der Waals surface area (Å²) in [7, 11) is 1.57. The van der Waals surface area contributed by atoms with Crippen LogP contribution in [0.25, 0.3) is 0 Å². The van der Waals surface area contributed by atoms with E-state index in [1.807, 2.05) is 0 Å². The predicted molar refractivity (Wildman–Crippen MR) is 98.7 cm³/mol. The van der Waals surface area contributed by atoms with E-state index >= 15 is 0 Å². The van der Waals surface area contributed by atoms with Crippen LogP contribution < -0.4 is 15.4 Å². The molecule has 2 N–H and O–H groups in total. The Morgan fingerprint density at radius 1 is 1.04 bits per heavy atom. The molecule has 132 valence electrons. The third-order valence-corrected chi connectivity index (χ3v) is 4.17. The molecular weight excluding hydrogens is 343 g/mol. The maximum absolute atomic E-state index is 13.7. The van der Waals surface area contributed by atoms with Crippen LogP contribution in [-0.2, 0) is 9.59 Å². The highest BCUT2D eigenvalue weighted by atomic mass is 32.2. The van der Waals surface area contributed by atoms with Crippen LogP contribution in [0.4, 0.5) is 15.8 Å². The standard InChI is InChI=1S/C18H19FN2O3S/c1-12-3-8-16(15(19)9-12)21-18(23)11-25-10-17(22)20-13-4-6-14(24-2)7-5-13/h3-9H,10-11H2,1-2H3,(H,20,22)(H,21,23). The number of hydrogen-bond acceptors (Lipinski definition) is 4. The Morgan fingerprint density at radius 3 is 2.28 bits per heavy atom. The molecule has 2 rings (SSSR count). The lowest BCUT2D eigenvalue weighted by Gasteiger charge is -2.08. The number of carbonyl (C=O) groups is 2. The molecule has 2 amide bonds. The minimum atomic E-state index is -0.476. The lowest BCUT2D eigenvalue weighted by molar-refractivity contribution is -0.114. The highest BCUT2D eigenvalue weighted by Gasteiger charge is 2.09. The van der Waals surface area contributed by atoms with Gasteiger partial charge in [0, 0.05) is 5.69 Å². The zero-order chi connectivity index (χ0) is 18.2. The Bertz CT molecular complexity index is 750. The van der Waals surface area contributed by atoms with Crippen molar-refractivity contribution < 1.29 is 18.7 Å². The van der Waals surface area contributed by atoms with Crippen molar-refractivity contribution in [3.8, 4) is 5.75 Å². The van der Waals surface area contributed by atoms with Crippen LogP contribution in [-0.4, -0.2) is 30.4 Å². The van der Waals surface area contributed by atoms with Crippen molar-refractivity contribution in [1.29, 1.82) is 0 Å². The maximum Gasteiger partial charge on any atom is 0.234 e. The summed E-state index contributed by atoms with van der Waals surface area (Å²) in [6, 6.07) is 11.5. The minimum absolute atomic E-state index is 0.0589. The minimum Gasteiger partial charge on any atom is -0.497 e. The third-order valence-electron chi connectivity index (χ3n) is 3.24. The van der Waals surface area contributed by atoms with Crippen molar-refractivity contribution in [2.75, 3.05) is 29.2 Å². The van der Waals surface area contributed by atoms with Gasteiger partial charge < -0.3 is 15.4 Å². The molecular formula is C18H19FN2O3S. The van der Waals surface area contributed by atoms with Crippen molar-refractivity contribution in [2.45, 2.75) is 6.92 Å². The number of thioether (sulfide) groups is 1. The molecule has 0 saturated heterocycles. The number of benzene rings is 2. The molecule has 0 unspecified atom stereocenters. The molecule has 0 aromatic heterocycles. The van der Waals surface area contributed by atoms with Gasteiger partial charge in [-0.1, -0.05) is 6.07 Å². The van der Waals surface area contributed by atoms with E-state index < -0.39 is 5.82 Å². The molecule has 2 aromatic carbocycles. The lowest BCUT2D eigenvalue weighted by atomic mass is 10.2. The second-order valence-electron chi connectivity index (χ2n) is 5.30. The topological polar surface area (TPSA) is 67.4 Å². The number of aryl methyl sites for hydroxylation is 1. The summed E-state index contributed by atoms with van der Waals surface area (Å²) >= 11 is 1.15. The van der Waals surface area contributed by atoms with E-state index in [1.165, 1.54) is 12.1 Å². The number of hydrogen-bond donors (Lipinski definition) is 2. The average molecular weight is 362 g/mol. The summed E-state index contributed by atoms with van der Waals surface area (Å²) in [4.78, 5) is 23.7. The molecule has 0 fully saturated rings. The molecule has 25 heavy (non-hydrogen) atoms. The summed E-state index contributed by atoms with van der Waals surface area (Å²) in [5.41, 5.74) is 1.57. The summed E-state index contributed by atoms with van der Waals surface area (Å²) in [6.07, 6.45) is 0. The van der Waals surface area contributed by atoms with Gasteiger partial charge in [-0.3, -0.25) is 9.59 Å². The number of rotatable bonds is 7. The fourth-order valence-electron chi connectivity index (χ4n) is 2.02. The number of amides is 2. The fourth-order valence-corrected chi connectivity index (χ4v) is 2.63. The first kappa shape index (κ1) is 18.8. The highest BCUT2D eigenvalue weighted by Crippen LogP contribution is 2.17. The van der Waals surface area contributed by atoms with Crippen LogP contribution in [0.1, 0.15) is 5.56 Å². The molecule has 0 saturated carbocycles. The van der Waals surface area contributed by atoms with Crippen molar-refractivity contribution in [3.05, 3.63) is 53.8 Å². The van der Waals surface area contributed by atoms with E-state index in [4.69, 9.17) is 4.74 Å². The Balaban J connectivity index is 1.73. The molecule has 0 aliphatic carbocycles. The van der Waals surface area contributed by atoms with Gasteiger partial charge in [-0.2, -0.15) is 0 Å². The van der Waals surface area contributed by atoms with Crippen LogP contribution >= 0.6 is 11.8 Å². The fraction of sp³-hybridized carbons (Fsp3) is 0.222.